The highest BCUT2D eigenvalue weighted by molar-refractivity contribution is 5.11. The Kier molecular flexibility index (Phi) is 7.04. The molecule has 4 saturated carbocycles. The Balaban J connectivity index is 1.45. The van der Waals surface area contributed by atoms with Gasteiger partial charge in [0, 0.05) is 6.61 Å². The predicted molar refractivity (Wildman–Crippen MR) is 133 cm³/mol. The van der Waals surface area contributed by atoms with Crippen molar-refractivity contribution in [3.63, 3.8) is 0 Å². The zero-order valence-corrected chi connectivity index (χ0v) is 21.6. The third-order valence-electron chi connectivity index (χ3n) is 11.7. The van der Waals surface area contributed by atoms with Crippen LogP contribution in [0, 0.1) is 58.2 Å². The molecule has 0 saturated heterocycles. The van der Waals surface area contributed by atoms with E-state index in [0.29, 0.717) is 29.3 Å². The molecule has 4 aliphatic carbocycles. The Hall–Kier alpha value is -0.300. The molecule has 0 bridgehead atoms. The van der Waals surface area contributed by atoms with E-state index in [0.717, 1.165) is 35.5 Å². The first-order chi connectivity index (χ1) is 14.8. The van der Waals surface area contributed by atoms with Crippen LogP contribution in [0.25, 0.3) is 0 Å². The van der Waals surface area contributed by atoms with Gasteiger partial charge >= 0.3 is 0 Å². The fourth-order valence-corrected chi connectivity index (χ4v) is 10.0. The molecule has 0 heterocycles. The number of hydrogen-bond acceptors (Lipinski definition) is 1. The van der Waals surface area contributed by atoms with Gasteiger partial charge in [-0.3, -0.25) is 0 Å². The Labute approximate surface area is 193 Å². The Morgan fingerprint density at radius 3 is 2.26 bits per heavy atom. The summed E-state index contributed by atoms with van der Waals surface area (Å²) in [6.07, 6.45) is 17.9. The molecular formula is C30H52O. The first-order valence-corrected chi connectivity index (χ1v) is 14.1. The van der Waals surface area contributed by atoms with E-state index in [2.05, 4.69) is 47.6 Å². The fraction of sp³-hybridized carbons (Fsp3) is 0.933. The van der Waals surface area contributed by atoms with E-state index in [1.807, 2.05) is 0 Å². The fourth-order valence-electron chi connectivity index (χ4n) is 10.0. The number of aliphatic hydroxyl groups is 1. The largest absolute Gasteiger partial charge is 0.396 e. The van der Waals surface area contributed by atoms with Crippen LogP contribution < -0.4 is 0 Å². The van der Waals surface area contributed by atoms with E-state index < -0.39 is 0 Å². The second-order valence-corrected chi connectivity index (χ2v) is 13.1. The summed E-state index contributed by atoms with van der Waals surface area (Å²) >= 11 is 0. The van der Waals surface area contributed by atoms with Crippen molar-refractivity contribution in [3.05, 3.63) is 11.6 Å². The molecule has 0 amide bonds. The summed E-state index contributed by atoms with van der Waals surface area (Å²) < 4.78 is 0. The van der Waals surface area contributed by atoms with Crippen LogP contribution in [0.5, 0.6) is 0 Å². The molecule has 0 radical (unpaired) electrons. The van der Waals surface area contributed by atoms with Gasteiger partial charge in [0.15, 0.2) is 0 Å². The van der Waals surface area contributed by atoms with Crippen LogP contribution in [-0.2, 0) is 0 Å². The van der Waals surface area contributed by atoms with Crippen LogP contribution in [0.3, 0.4) is 0 Å². The van der Waals surface area contributed by atoms with Crippen LogP contribution in [0.2, 0.25) is 0 Å². The SMILES string of the molecule is CC/C=C(/CC[C@@H](C)[C@H]1CCC2C3CC[C@H]4[C@@H](CO)CC[C@]4(C)C3CC[C@@]21C)C(C)C. The van der Waals surface area contributed by atoms with Gasteiger partial charge in [-0.1, -0.05) is 53.2 Å². The monoisotopic (exact) mass is 428 g/mol. The highest BCUT2D eigenvalue weighted by Gasteiger charge is 2.61. The average Bonchev–Trinajstić information content (AvgIpc) is 3.27. The summed E-state index contributed by atoms with van der Waals surface area (Å²) in [6, 6.07) is 0. The summed E-state index contributed by atoms with van der Waals surface area (Å²) in [4.78, 5) is 0. The van der Waals surface area contributed by atoms with E-state index in [1.165, 1.54) is 70.6 Å². The van der Waals surface area contributed by atoms with E-state index in [4.69, 9.17) is 0 Å². The van der Waals surface area contributed by atoms with Crippen molar-refractivity contribution in [2.24, 2.45) is 58.2 Å². The van der Waals surface area contributed by atoms with Gasteiger partial charge in [-0.25, -0.2) is 0 Å². The van der Waals surface area contributed by atoms with Crippen molar-refractivity contribution in [2.45, 2.75) is 112 Å². The molecule has 178 valence electrons. The summed E-state index contributed by atoms with van der Waals surface area (Å²) in [5, 5.41) is 9.96. The number of allylic oxidation sites excluding steroid dienone is 2. The lowest BCUT2D eigenvalue weighted by atomic mass is 9.46. The topological polar surface area (TPSA) is 20.2 Å². The molecule has 1 heteroatoms. The minimum absolute atomic E-state index is 0.434. The van der Waals surface area contributed by atoms with Crippen LogP contribution in [0.1, 0.15) is 112 Å². The average molecular weight is 429 g/mol. The number of fused-ring (bicyclic) bond motifs is 5. The van der Waals surface area contributed by atoms with Gasteiger partial charge in [0.1, 0.15) is 0 Å². The van der Waals surface area contributed by atoms with Crippen molar-refractivity contribution in [3.8, 4) is 0 Å². The molecule has 0 aromatic carbocycles. The van der Waals surface area contributed by atoms with E-state index in [9.17, 15) is 5.11 Å². The van der Waals surface area contributed by atoms with Crippen LogP contribution >= 0.6 is 0 Å². The molecule has 1 nitrogen and oxygen atoms in total. The lowest BCUT2D eigenvalue weighted by Crippen LogP contribution is -2.51. The van der Waals surface area contributed by atoms with Gasteiger partial charge in [-0.05, 0) is 129 Å². The molecule has 1 N–H and O–H groups in total. The molecule has 4 rings (SSSR count). The normalized spacial score (nSPS) is 46.0. The first kappa shape index (κ1) is 23.8. The zero-order chi connectivity index (χ0) is 22.4. The lowest BCUT2D eigenvalue weighted by Gasteiger charge is -2.58. The number of aliphatic hydroxyl groups excluding tert-OH is 1. The van der Waals surface area contributed by atoms with E-state index in [-0.39, 0.29) is 0 Å². The highest BCUT2D eigenvalue weighted by Crippen LogP contribution is 2.69. The van der Waals surface area contributed by atoms with Gasteiger partial charge in [-0.15, -0.1) is 0 Å². The maximum absolute atomic E-state index is 9.96. The van der Waals surface area contributed by atoms with Gasteiger partial charge in [-0.2, -0.15) is 0 Å². The maximum atomic E-state index is 9.96. The van der Waals surface area contributed by atoms with E-state index in [1.54, 1.807) is 5.57 Å². The number of rotatable bonds is 7. The van der Waals surface area contributed by atoms with Crippen molar-refractivity contribution in [1.29, 1.82) is 0 Å². The predicted octanol–water partition coefficient (Wildman–Crippen LogP) is 8.27. The van der Waals surface area contributed by atoms with Gasteiger partial charge in [0.2, 0.25) is 0 Å². The van der Waals surface area contributed by atoms with Crippen LogP contribution in [0.15, 0.2) is 11.6 Å². The first-order valence-electron chi connectivity index (χ1n) is 14.1. The van der Waals surface area contributed by atoms with Crippen molar-refractivity contribution < 1.29 is 5.11 Å². The molecule has 9 atom stereocenters. The molecule has 31 heavy (non-hydrogen) atoms. The second-order valence-electron chi connectivity index (χ2n) is 13.1. The summed E-state index contributed by atoms with van der Waals surface area (Å²) in [7, 11) is 0. The molecule has 0 aromatic rings. The zero-order valence-electron chi connectivity index (χ0n) is 21.6. The van der Waals surface area contributed by atoms with Gasteiger partial charge in [0.05, 0.1) is 0 Å². The lowest BCUT2D eigenvalue weighted by molar-refractivity contribution is -0.0975. The smallest absolute Gasteiger partial charge is 0.0462 e. The maximum Gasteiger partial charge on any atom is 0.0462 e. The molecule has 0 spiro atoms. The third-order valence-corrected chi connectivity index (χ3v) is 11.7. The summed E-state index contributed by atoms with van der Waals surface area (Å²) in [6.45, 7) is 15.4. The number of hydrogen-bond donors (Lipinski definition) is 1. The molecule has 3 unspecified atom stereocenters. The molecular weight excluding hydrogens is 376 g/mol. The minimum atomic E-state index is 0.434. The Morgan fingerprint density at radius 2 is 1.58 bits per heavy atom. The second kappa shape index (κ2) is 9.15. The van der Waals surface area contributed by atoms with E-state index >= 15 is 0 Å². The van der Waals surface area contributed by atoms with Crippen molar-refractivity contribution >= 4 is 0 Å². The third kappa shape index (κ3) is 3.98. The summed E-state index contributed by atoms with van der Waals surface area (Å²) in [5.41, 5.74) is 2.81. The molecule has 0 aliphatic heterocycles. The molecule has 4 aliphatic rings. The van der Waals surface area contributed by atoms with Gasteiger partial charge in [0.25, 0.3) is 0 Å². The van der Waals surface area contributed by atoms with Crippen molar-refractivity contribution in [2.75, 3.05) is 6.61 Å². The molecule has 0 aromatic heterocycles. The van der Waals surface area contributed by atoms with Gasteiger partial charge < -0.3 is 5.11 Å². The Morgan fingerprint density at radius 1 is 0.903 bits per heavy atom. The quantitative estimate of drug-likeness (QED) is 0.404. The Bertz CT molecular complexity index is 649. The molecule has 4 fully saturated rings. The summed E-state index contributed by atoms with van der Waals surface area (Å²) in [5.74, 6) is 6.80. The van der Waals surface area contributed by atoms with Crippen molar-refractivity contribution in [1.82, 2.24) is 0 Å². The highest BCUT2D eigenvalue weighted by atomic mass is 16.3. The van der Waals surface area contributed by atoms with Crippen LogP contribution in [-0.4, -0.2) is 11.7 Å². The standard InChI is InChI=1S/C30H52O/c1-7-8-22(20(2)3)10-9-21(4)25-13-14-27-24-11-12-26-23(19-31)15-17-30(26,6)28(24)16-18-29(25,27)5/h8,20-21,23-28,31H,7,9-19H2,1-6H3/b22-8-/t21-,23-,24?,25-,26+,27?,28?,29-,30+/m1/s1. The van der Waals surface area contributed by atoms with Crippen LogP contribution in [0.4, 0.5) is 0 Å². The minimum Gasteiger partial charge on any atom is -0.396 e.